The average molecular weight is 521 g/mol. The Balaban J connectivity index is 3.63. The summed E-state index contributed by atoms with van der Waals surface area (Å²) in [5, 5.41) is 15.5. The molecule has 10 heteroatoms. The molecule has 3 unspecified atom stereocenters. The van der Waals surface area contributed by atoms with Gasteiger partial charge in [-0.2, -0.15) is 0 Å². The molecule has 0 fully saturated rings. The van der Waals surface area contributed by atoms with Crippen LogP contribution in [0.5, 0.6) is 5.75 Å². The quantitative estimate of drug-likeness (QED) is 0.371. The van der Waals surface area contributed by atoms with Gasteiger partial charge >= 0.3 is 6.09 Å². The van der Waals surface area contributed by atoms with Crippen molar-refractivity contribution in [1.82, 2.24) is 15.5 Å². The Bertz CT molecular complexity index is 980. The molecule has 0 saturated carbocycles. The van der Waals surface area contributed by atoms with Crippen LogP contribution in [0.2, 0.25) is 0 Å². The van der Waals surface area contributed by atoms with Gasteiger partial charge in [0.1, 0.15) is 23.4 Å². The number of carbonyl (C=O) groups excluding carboxylic acids is 4. The minimum atomic E-state index is -1.37. The minimum absolute atomic E-state index is 0.0501. The molecule has 0 aromatic heterocycles. The zero-order chi connectivity index (χ0) is 28.7. The van der Waals surface area contributed by atoms with E-state index in [2.05, 4.69) is 10.6 Å². The molecule has 0 aliphatic carbocycles. The van der Waals surface area contributed by atoms with Crippen LogP contribution in [0.3, 0.4) is 0 Å². The second-order valence-corrected chi connectivity index (χ2v) is 11.4. The molecule has 1 aromatic carbocycles. The summed E-state index contributed by atoms with van der Waals surface area (Å²) >= 11 is 0. The van der Waals surface area contributed by atoms with Crippen LogP contribution < -0.4 is 16.4 Å². The normalized spacial score (nSPS) is 14.2. The summed E-state index contributed by atoms with van der Waals surface area (Å²) in [6.07, 6.45) is 0.215. The molecule has 1 rings (SSSR count). The lowest BCUT2D eigenvalue weighted by atomic mass is 9.93. The average Bonchev–Trinajstić information content (AvgIpc) is 2.70. The number of primary amides is 1. The number of ether oxygens (including phenoxy) is 1. The predicted octanol–water partition coefficient (Wildman–Crippen LogP) is 3.44. The zero-order valence-electron chi connectivity index (χ0n) is 23.6. The number of nitrogens with one attached hydrogen (secondary N) is 2. The maximum absolute atomic E-state index is 14.0. The SMILES string of the molecule is CCCC(C)NC(=O)C(c1ccc(O)c(C)c1)N(C(=O)C(CC(N)=O)NC(=O)OC(C)(C)C)C(C)(C)C. The van der Waals surface area contributed by atoms with Crippen molar-refractivity contribution in [3.63, 3.8) is 0 Å². The molecule has 37 heavy (non-hydrogen) atoms. The summed E-state index contributed by atoms with van der Waals surface area (Å²) in [4.78, 5) is 53.5. The molecule has 0 aliphatic rings. The lowest BCUT2D eigenvalue weighted by molar-refractivity contribution is -0.149. The molecule has 0 bridgehead atoms. The summed E-state index contributed by atoms with van der Waals surface area (Å²) in [6.45, 7) is 15.8. The van der Waals surface area contributed by atoms with Crippen molar-refractivity contribution in [2.24, 2.45) is 5.73 Å². The van der Waals surface area contributed by atoms with Gasteiger partial charge in [-0.15, -0.1) is 0 Å². The summed E-state index contributed by atoms with van der Waals surface area (Å²) in [5.74, 6) is -1.86. The van der Waals surface area contributed by atoms with Crippen molar-refractivity contribution < 1.29 is 29.0 Å². The second kappa shape index (κ2) is 12.8. The number of carbonyl (C=O) groups is 4. The smallest absolute Gasteiger partial charge is 0.408 e. The number of nitrogens with two attached hydrogens (primary N) is 1. The van der Waals surface area contributed by atoms with Crippen LogP contribution in [0.25, 0.3) is 0 Å². The van der Waals surface area contributed by atoms with Gasteiger partial charge in [-0.1, -0.05) is 19.4 Å². The lowest BCUT2D eigenvalue weighted by Gasteiger charge is -2.43. The first-order valence-corrected chi connectivity index (χ1v) is 12.6. The maximum atomic E-state index is 14.0. The Morgan fingerprint density at radius 3 is 2.14 bits per heavy atom. The van der Waals surface area contributed by atoms with E-state index < -0.39 is 53.5 Å². The van der Waals surface area contributed by atoms with Crippen LogP contribution in [0.1, 0.15) is 91.8 Å². The fourth-order valence-corrected chi connectivity index (χ4v) is 3.96. The van der Waals surface area contributed by atoms with E-state index in [1.54, 1.807) is 60.6 Å². The number of hydrogen-bond acceptors (Lipinski definition) is 6. The zero-order valence-corrected chi connectivity index (χ0v) is 23.6. The number of aryl methyl sites for hydroxylation is 1. The lowest BCUT2D eigenvalue weighted by Crippen LogP contribution is -2.59. The Kier molecular flexibility index (Phi) is 11.0. The summed E-state index contributed by atoms with van der Waals surface area (Å²) in [6, 6.07) is 2.03. The highest BCUT2D eigenvalue weighted by Crippen LogP contribution is 2.32. The summed E-state index contributed by atoms with van der Waals surface area (Å²) in [5.41, 5.74) is 4.65. The summed E-state index contributed by atoms with van der Waals surface area (Å²) in [7, 11) is 0. The number of aromatic hydroxyl groups is 1. The van der Waals surface area contributed by atoms with Gasteiger partial charge in [0.15, 0.2) is 0 Å². The highest BCUT2D eigenvalue weighted by atomic mass is 16.6. The van der Waals surface area contributed by atoms with Crippen LogP contribution in [0, 0.1) is 6.92 Å². The summed E-state index contributed by atoms with van der Waals surface area (Å²) < 4.78 is 5.29. The third kappa shape index (κ3) is 9.93. The number of amides is 4. The molecule has 3 atom stereocenters. The second-order valence-electron chi connectivity index (χ2n) is 11.4. The van der Waals surface area contributed by atoms with E-state index >= 15 is 0 Å². The molecular weight excluding hydrogens is 476 g/mol. The molecule has 5 N–H and O–H groups in total. The number of hydrogen-bond donors (Lipinski definition) is 4. The molecular formula is C27H44N4O6. The number of phenols is 1. The van der Waals surface area contributed by atoms with Crippen molar-refractivity contribution in [3.05, 3.63) is 29.3 Å². The first-order chi connectivity index (χ1) is 16.9. The number of alkyl carbamates (subject to hydrolysis) is 1. The molecule has 0 heterocycles. The van der Waals surface area contributed by atoms with E-state index in [9.17, 15) is 24.3 Å². The van der Waals surface area contributed by atoms with E-state index in [4.69, 9.17) is 10.5 Å². The van der Waals surface area contributed by atoms with E-state index in [1.165, 1.54) is 11.0 Å². The molecule has 4 amide bonds. The van der Waals surface area contributed by atoms with Crippen LogP contribution in [0.4, 0.5) is 4.79 Å². The third-order valence-corrected chi connectivity index (χ3v) is 5.51. The Morgan fingerprint density at radius 1 is 1.08 bits per heavy atom. The Hall–Kier alpha value is -3.30. The van der Waals surface area contributed by atoms with E-state index in [0.717, 1.165) is 12.8 Å². The van der Waals surface area contributed by atoms with Crippen molar-refractivity contribution in [3.8, 4) is 5.75 Å². The number of nitrogens with zero attached hydrogens (tertiary/aromatic N) is 1. The van der Waals surface area contributed by atoms with E-state index in [1.807, 2.05) is 13.8 Å². The van der Waals surface area contributed by atoms with Crippen molar-refractivity contribution in [2.75, 3.05) is 0 Å². The highest BCUT2D eigenvalue weighted by molar-refractivity contribution is 5.95. The minimum Gasteiger partial charge on any atom is -0.508 e. The first-order valence-electron chi connectivity index (χ1n) is 12.6. The van der Waals surface area contributed by atoms with Crippen LogP contribution in [-0.4, -0.2) is 57.0 Å². The molecule has 0 spiro atoms. The van der Waals surface area contributed by atoms with Gasteiger partial charge in [0.2, 0.25) is 17.7 Å². The van der Waals surface area contributed by atoms with Crippen molar-refractivity contribution in [2.45, 2.75) is 111 Å². The Morgan fingerprint density at radius 2 is 1.68 bits per heavy atom. The van der Waals surface area contributed by atoms with Gasteiger partial charge in [0.25, 0.3) is 0 Å². The number of phenolic OH excluding ortho intramolecular Hbond substituents is 1. The van der Waals surface area contributed by atoms with Gasteiger partial charge in [-0.3, -0.25) is 14.4 Å². The molecule has 0 saturated heterocycles. The number of rotatable bonds is 10. The standard InChI is InChI=1S/C27H44N4O6/c1-10-11-17(3)29-23(34)22(18-12-13-20(32)16(2)14-18)31(26(4,5)6)24(35)19(15-21(28)33)30-25(36)37-27(7,8)9/h12-14,17,19,22,32H,10-11,15H2,1-9H3,(H2,28,33)(H,29,34)(H,30,36). The van der Waals surface area contributed by atoms with Crippen LogP contribution in [-0.2, 0) is 19.1 Å². The molecule has 0 radical (unpaired) electrons. The van der Waals surface area contributed by atoms with Gasteiger partial charge in [-0.05, 0) is 85.1 Å². The van der Waals surface area contributed by atoms with Crippen molar-refractivity contribution >= 4 is 23.8 Å². The van der Waals surface area contributed by atoms with Crippen LogP contribution in [0.15, 0.2) is 18.2 Å². The predicted molar refractivity (Wildman–Crippen MR) is 142 cm³/mol. The maximum Gasteiger partial charge on any atom is 0.408 e. The molecule has 10 nitrogen and oxygen atoms in total. The fourth-order valence-electron chi connectivity index (χ4n) is 3.96. The molecule has 0 aliphatic heterocycles. The Labute approximate surface area is 220 Å². The number of benzene rings is 1. The van der Waals surface area contributed by atoms with Gasteiger partial charge in [-0.25, -0.2) is 4.79 Å². The van der Waals surface area contributed by atoms with Crippen LogP contribution >= 0.6 is 0 Å². The molecule has 208 valence electrons. The van der Waals surface area contributed by atoms with Gasteiger partial charge in [0, 0.05) is 11.6 Å². The van der Waals surface area contributed by atoms with Gasteiger partial charge < -0.3 is 31.1 Å². The largest absolute Gasteiger partial charge is 0.508 e. The highest BCUT2D eigenvalue weighted by Gasteiger charge is 2.42. The third-order valence-electron chi connectivity index (χ3n) is 5.51. The topological polar surface area (TPSA) is 151 Å². The van der Waals surface area contributed by atoms with E-state index in [0.29, 0.717) is 11.1 Å². The monoisotopic (exact) mass is 520 g/mol. The van der Waals surface area contributed by atoms with Gasteiger partial charge in [0.05, 0.1) is 6.42 Å². The first kappa shape index (κ1) is 31.7. The van der Waals surface area contributed by atoms with E-state index in [-0.39, 0.29) is 11.8 Å². The molecule has 1 aromatic rings. The van der Waals surface area contributed by atoms with Crippen molar-refractivity contribution in [1.29, 1.82) is 0 Å². The fraction of sp³-hybridized carbons (Fsp3) is 0.630.